The first-order valence-electron chi connectivity index (χ1n) is 9.71. The summed E-state index contributed by atoms with van der Waals surface area (Å²) in [5, 5.41) is 17.2. The fourth-order valence-corrected chi connectivity index (χ4v) is 3.01. The van der Waals surface area contributed by atoms with Crippen molar-refractivity contribution in [3.8, 4) is 23.4 Å². The molecular formula is C21H19N9O4. The number of aliphatic imine (C=N–C) groups is 1. The highest BCUT2D eigenvalue weighted by atomic mass is 16.5. The lowest BCUT2D eigenvalue weighted by atomic mass is 10.1. The highest BCUT2D eigenvalue weighted by Gasteiger charge is 2.19. The smallest absolute Gasteiger partial charge is 0.339 e. The molecule has 0 spiro atoms. The quantitative estimate of drug-likeness (QED) is 0.173. The fourth-order valence-electron chi connectivity index (χ4n) is 3.01. The van der Waals surface area contributed by atoms with Crippen LogP contribution in [0.15, 0.2) is 47.5 Å². The van der Waals surface area contributed by atoms with E-state index >= 15 is 0 Å². The van der Waals surface area contributed by atoms with Crippen LogP contribution in [-0.4, -0.2) is 42.8 Å². The van der Waals surface area contributed by atoms with Crippen molar-refractivity contribution in [1.82, 2.24) is 19.9 Å². The summed E-state index contributed by atoms with van der Waals surface area (Å²) in [6, 6.07) is 10.5. The zero-order chi connectivity index (χ0) is 24.4. The number of imidazole rings is 1. The van der Waals surface area contributed by atoms with Gasteiger partial charge in [0.15, 0.2) is 11.6 Å². The van der Waals surface area contributed by atoms with Crippen LogP contribution in [0.2, 0.25) is 0 Å². The number of ether oxygens (including phenoxy) is 2. The van der Waals surface area contributed by atoms with Crippen LogP contribution < -0.4 is 26.7 Å². The molecule has 0 aliphatic carbocycles. The highest BCUT2D eigenvalue weighted by Crippen LogP contribution is 2.32. The summed E-state index contributed by atoms with van der Waals surface area (Å²) in [5.74, 6) is -0.848. The van der Waals surface area contributed by atoms with E-state index in [9.17, 15) is 9.90 Å². The van der Waals surface area contributed by atoms with Gasteiger partial charge in [0.1, 0.15) is 34.2 Å². The van der Waals surface area contributed by atoms with Gasteiger partial charge in [-0.05, 0) is 31.2 Å². The van der Waals surface area contributed by atoms with Crippen LogP contribution in [0, 0.1) is 12.3 Å². The largest absolute Gasteiger partial charge is 0.478 e. The van der Waals surface area contributed by atoms with Crippen molar-refractivity contribution in [2.24, 2.45) is 22.2 Å². The van der Waals surface area contributed by atoms with Gasteiger partial charge in [-0.25, -0.2) is 14.8 Å². The SMILES string of the molecule is Cc1nc2nc(Oc3cccc(N=C(N)N)c3)nc(Oc3cc(C(=N)N)ccc3C(=O)O)c2[nH]1. The molecule has 0 saturated heterocycles. The molecule has 0 aliphatic heterocycles. The number of carboxylic acid groups (broad SMARTS) is 1. The number of nitrogens with one attached hydrogen (secondary N) is 2. The Morgan fingerprint density at radius 2 is 1.88 bits per heavy atom. The van der Waals surface area contributed by atoms with Gasteiger partial charge >= 0.3 is 12.0 Å². The monoisotopic (exact) mass is 461 g/mol. The summed E-state index contributed by atoms with van der Waals surface area (Å²) >= 11 is 0. The maximum atomic E-state index is 11.7. The predicted molar refractivity (Wildman–Crippen MR) is 123 cm³/mol. The van der Waals surface area contributed by atoms with Gasteiger partial charge < -0.3 is 36.8 Å². The third kappa shape index (κ3) is 4.67. The molecule has 172 valence electrons. The van der Waals surface area contributed by atoms with E-state index in [4.69, 9.17) is 32.1 Å². The van der Waals surface area contributed by atoms with E-state index in [1.54, 1.807) is 31.2 Å². The standard InChI is InChI=1S/C21H19N9O4/c1-9-26-15-17(27-9)29-21(33-12-4-2-3-11(8-12)28-20(24)25)30-18(15)34-14-7-10(16(22)23)5-6-13(14)19(31)32/h2-8H,1H3,(H3,22,23)(H,31,32)(H4,24,25,28)(H,26,27,29,30). The number of guanidine groups is 1. The molecule has 0 radical (unpaired) electrons. The second-order valence-electron chi connectivity index (χ2n) is 7.00. The van der Waals surface area contributed by atoms with Crippen molar-refractivity contribution in [3.63, 3.8) is 0 Å². The maximum absolute atomic E-state index is 11.7. The Morgan fingerprint density at radius 1 is 1.09 bits per heavy atom. The van der Waals surface area contributed by atoms with Gasteiger partial charge in [-0.3, -0.25) is 5.41 Å². The molecule has 34 heavy (non-hydrogen) atoms. The number of fused-ring (bicyclic) bond motifs is 1. The van der Waals surface area contributed by atoms with E-state index in [0.717, 1.165) is 0 Å². The Balaban J connectivity index is 1.77. The van der Waals surface area contributed by atoms with Crippen molar-refractivity contribution >= 4 is 34.6 Å². The van der Waals surface area contributed by atoms with Crippen molar-refractivity contribution in [1.29, 1.82) is 5.41 Å². The van der Waals surface area contributed by atoms with Crippen LogP contribution in [-0.2, 0) is 0 Å². The number of H-pyrrole nitrogens is 1. The molecule has 9 N–H and O–H groups in total. The number of amidine groups is 1. The number of hydrogen-bond acceptors (Lipinski definition) is 8. The first-order chi connectivity index (χ1) is 16.2. The zero-order valence-electron chi connectivity index (χ0n) is 17.7. The topological polar surface area (TPSA) is 224 Å². The molecule has 0 atom stereocenters. The lowest BCUT2D eigenvalue weighted by Gasteiger charge is -2.11. The van der Waals surface area contributed by atoms with Crippen LogP contribution in [0.3, 0.4) is 0 Å². The molecule has 13 heteroatoms. The van der Waals surface area contributed by atoms with E-state index in [0.29, 0.717) is 22.8 Å². The number of aromatic carboxylic acids is 1. The molecule has 4 aromatic rings. The third-order valence-corrected chi connectivity index (χ3v) is 4.43. The van der Waals surface area contributed by atoms with Gasteiger partial charge in [-0.2, -0.15) is 9.97 Å². The number of carboxylic acids is 1. The van der Waals surface area contributed by atoms with Crippen molar-refractivity contribution < 1.29 is 19.4 Å². The molecular weight excluding hydrogens is 442 g/mol. The Bertz CT molecular complexity index is 1460. The van der Waals surface area contributed by atoms with Gasteiger partial charge in [0.25, 0.3) is 5.88 Å². The van der Waals surface area contributed by atoms with Crippen molar-refractivity contribution in [3.05, 3.63) is 59.4 Å². The molecule has 0 amide bonds. The number of nitrogens with two attached hydrogens (primary N) is 3. The summed E-state index contributed by atoms with van der Waals surface area (Å²) in [6.45, 7) is 1.71. The van der Waals surface area contributed by atoms with Crippen LogP contribution in [0.1, 0.15) is 21.7 Å². The van der Waals surface area contributed by atoms with Gasteiger partial charge in [-0.15, -0.1) is 0 Å². The molecule has 2 heterocycles. The van der Waals surface area contributed by atoms with Crippen LogP contribution >= 0.6 is 0 Å². The lowest BCUT2D eigenvalue weighted by molar-refractivity contribution is 0.0694. The Labute approximate surface area is 191 Å². The first kappa shape index (κ1) is 22.0. The summed E-state index contributed by atoms with van der Waals surface area (Å²) in [7, 11) is 0. The van der Waals surface area contributed by atoms with E-state index in [2.05, 4.69) is 24.9 Å². The van der Waals surface area contributed by atoms with E-state index in [-0.39, 0.29) is 46.2 Å². The van der Waals surface area contributed by atoms with E-state index in [1.165, 1.54) is 18.2 Å². The second-order valence-corrected chi connectivity index (χ2v) is 7.00. The molecule has 0 fully saturated rings. The summed E-state index contributed by atoms with van der Waals surface area (Å²) in [4.78, 5) is 31.5. The van der Waals surface area contributed by atoms with Crippen LogP contribution in [0.5, 0.6) is 23.4 Å². The van der Waals surface area contributed by atoms with Crippen LogP contribution in [0.4, 0.5) is 5.69 Å². The summed E-state index contributed by atoms with van der Waals surface area (Å²) < 4.78 is 11.6. The molecule has 2 aromatic heterocycles. The summed E-state index contributed by atoms with van der Waals surface area (Å²) in [6.07, 6.45) is 0. The van der Waals surface area contributed by atoms with Crippen molar-refractivity contribution in [2.75, 3.05) is 0 Å². The number of nitrogens with zero attached hydrogens (tertiary/aromatic N) is 4. The molecule has 4 rings (SSSR count). The molecule has 0 bridgehead atoms. The van der Waals surface area contributed by atoms with Gasteiger partial charge in [0.05, 0.1) is 5.69 Å². The molecule has 13 nitrogen and oxygen atoms in total. The molecule has 0 aliphatic rings. The number of rotatable bonds is 7. The first-order valence-corrected chi connectivity index (χ1v) is 9.71. The minimum Gasteiger partial charge on any atom is -0.478 e. The molecule has 0 saturated carbocycles. The average Bonchev–Trinajstić information content (AvgIpc) is 3.13. The van der Waals surface area contributed by atoms with E-state index in [1.807, 2.05) is 0 Å². The molecule has 2 aromatic carbocycles. The van der Waals surface area contributed by atoms with E-state index < -0.39 is 5.97 Å². The number of carbonyl (C=O) groups is 1. The Kier molecular flexibility index (Phi) is 5.66. The summed E-state index contributed by atoms with van der Waals surface area (Å²) in [5.41, 5.74) is 17.5. The number of benzene rings is 2. The van der Waals surface area contributed by atoms with Crippen molar-refractivity contribution in [2.45, 2.75) is 6.92 Å². The number of aromatic nitrogens is 4. The fraction of sp³-hybridized carbons (Fsp3) is 0.0476. The minimum atomic E-state index is -1.23. The van der Waals surface area contributed by atoms with Gasteiger partial charge in [0.2, 0.25) is 0 Å². The lowest BCUT2D eigenvalue weighted by Crippen LogP contribution is -2.21. The normalized spacial score (nSPS) is 10.6. The maximum Gasteiger partial charge on any atom is 0.339 e. The zero-order valence-corrected chi connectivity index (χ0v) is 17.7. The van der Waals surface area contributed by atoms with Crippen LogP contribution in [0.25, 0.3) is 11.2 Å². The highest BCUT2D eigenvalue weighted by molar-refractivity contribution is 5.98. The second kappa shape index (κ2) is 8.74. The number of nitrogen functional groups attached to an aromatic ring is 1. The third-order valence-electron chi connectivity index (χ3n) is 4.43. The Hall–Kier alpha value is -5.20. The Morgan fingerprint density at radius 3 is 2.59 bits per heavy atom. The predicted octanol–water partition coefficient (Wildman–Crippen LogP) is 2.13. The minimum absolute atomic E-state index is 0.0378. The van der Waals surface area contributed by atoms with Gasteiger partial charge in [-0.1, -0.05) is 12.1 Å². The average molecular weight is 461 g/mol. The number of hydrogen-bond donors (Lipinski definition) is 6. The van der Waals surface area contributed by atoms with Gasteiger partial charge in [0, 0.05) is 11.6 Å². The molecule has 0 unspecified atom stereocenters. The number of aromatic amines is 1. The number of aryl methyl sites for hydroxylation is 1.